The number of carboxylic acids is 1. The molecule has 0 spiro atoms. The van der Waals surface area contributed by atoms with Crippen LogP contribution in [0.5, 0.6) is 0 Å². The summed E-state index contributed by atoms with van der Waals surface area (Å²) in [6.07, 6.45) is 9.48. The molecule has 2 saturated heterocycles. The van der Waals surface area contributed by atoms with E-state index in [0.717, 1.165) is 31.2 Å². The van der Waals surface area contributed by atoms with E-state index in [9.17, 15) is 13.2 Å². The highest BCUT2D eigenvalue weighted by molar-refractivity contribution is 7.89. The van der Waals surface area contributed by atoms with Crippen LogP contribution in [0, 0.1) is 11.8 Å². The molecule has 2 N–H and O–H groups in total. The summed E-state index contributed by atoms with van der Waals surface area (Å²) in [5, 5.41) is 8.68. The first kappa shape index (κ1) is 22.0. The Morgan fingerprint density at radius 3 is 2.59 bits per heavy atom. The van der Waals surface area contributed by atoms with Gasteiger partial charge in [-0.05, 0) is 50.0 Å². The molecule has 0 aromatic heterocycles. The zero-order valence-electron chi connectivity index (χ0n) is 16.7. The highest BCUT2D eigenvalue weighted by Crippen LogP contribution is 2.44. The fourth-order valence-corrected chi connectivity index (χ4v) is 5.51. The molecule has 7 heteroatoms. The van der Waals surface area contributed by atoms with Gasteiger partial charge in [-0.15, -0.1) is 0 Å². The number of hydrogen-bond acceptors (Lipinski definition) is 4. The van der Waals surface area contributed by atoms with Crippen molar-refractivity contribution in [1.29, 1.82) is 0 Å². The fraction of sp³-hybridized carbons (Fsp3) is 0.591. The van der Waals surface area contributed by atoms with Crippen LogP contribution in [0.15, 0.2) is 42.5 Å². The first-order chi connectivity index (χ1) is 13.9. The monoisotopic (exact) mass is 421 g/mol. The van der Waals surface area contributed by atoms with Crippen LogP contribution in [0.25, 0.3) is 0 Å². The van der Waals surface area contributed by atoms with Crippen LogP contribution in [0.3, 0.4) is 0 Å². The number of fused-ring (bicyclic) bond motifs is 2. The molecule has 2 bridgehead atoms. The molecular weight excluding hydrogens is 390 g/mol. The van der Waals surface area contributed by atoms with Crippen molar-refractivity contribution in [3.63, 3.8) is 0 Å². The fourth-order valence-electron chi connectivity index (χ4n) is 4.41. The molecule has 0 radical (unpaired) electrons. The Bertz CT molecular complexity index is 793. The van der Waals surface area contributed by atoms with Crippen molar-refractivity contribution in [1.82, 2.24) is 4.72 Å². The van der Waals surface area contributed by atoms with Gasteiger partial charge < -0.3 is 9.84 Å². The van der Waals surface area contributed by atoms with Crippen molar-refractivity contribution in [2.45, 2.75) is 57.2 Å². The van der Waals surface area contributed by atoms with Gasteiger partial charge in [0.25, 0.3) is 0 Å². The van der Waals surface area contributed by atoms with E-state index in [0.29, 0.717) is 25.3 Å². The predicted octanol–water partition coefficient (Wildman–Crippen LogP) is 3.14. The Kier molecular flexibility index (Phi) is 7.86. The first-order valence-electron chi connectivity index (χ1n) is 10.5. The van der Waals surface area contributed by atoms with Crippen molar-refractivity contribution in [2.24, 2.45) is 11.8 Å². The lowest BCUT2D eigenvalue weighted by atomic mass is 9.77. The summed E-state index contributed by atoms with van der Waals surface area (Å²) in [6.45, 7) is 0.426. The van der Waals surface area contributed by atoms with Crippen molar-refractivity contribution < 1.29 is 23.1 Å². The van der Waals surface area contributed by atoms with Gasteiger partial charge in [-0.1, -0.05) is 42.5 Å². The third-order valence-electron chi connectivity index (χ3n) is 5.97. The Morgan fingerprint density at radius 2 is 1.86 bits per heavy atom. The summed E-state index contributed by atoms with van der Waals surface area (Å²) in [5.74, 6) is -0.156. The van der Waals surface area contributed by atoms with Gasteiger partial charge in [0, 0.05) is 18.9 Å². The number of aryl methyl sites for hydroxylation is 1. The largest absolute Gasteiger partial charge is 0.481 e. The van der Waals surface area contributed by atoms with Gasteiger partial charge in [-0.3, -0.25) is 4.79 Å². The predicted molar refractivity (Wildman–Crippen MR) is 112 cm³/mol. The zero-order chi connectivity index (χ0) is 20.7. The second-order valence-electron chi connectivity index (χ2n) is 8.01. The van der Waals surface area contributed by atoms with Crippen LogP contribution in [-0.4, -0.2) is 44.0 Å². The number of hydrogen-bond donors (Lipinski definition) is 2. The number of carbonyl (C=O) groups is 1. The summed E-state index contributed by atoms with van der Waals surface area (Å²) in [4.78, 5) is 10.6. The highest BCUT2D eigenvalue weighted by Gasteiger charge is 2.48. The smallest absolute Gasteiger partial charge is 0.303 e. The summed E-state index contributed by atoms with van der Waals surface area (Å²) in [6, 6.07) is 9.64. The van der Waals surface area contributed by atoms with Gasteiger partial charge in [-0.2, -0.15) is 0 Å². The molecule has 2 heterocycles. The number of benzene rings is 1. The van der Waals surface area contributed by atoms with E-state index in [1.807, 2.05) is 36.4 Å². The molecule has 1 aromatic carbocycles. The normalized spacial score (nSPS) is 26.3. The van der Waals surface area contributed by atoms with Gasteiger partial charge in [0.15, 0.2) is 0 Å². The van der Waals surface area contributed by atoms with Crippen molar-refractivity contribution >= 4 is 16.0 Å². The molecule has 0 unspecified atom stereocenters. The zero-order valence-corrected chi connectivity index (χ0v) is 17.5. The SMILES string of the molecule is O=C(O)CCCC=CC[C@@H]1[C@H](CNS(=O)(=O)CCc2ccccc2)[C@@H]2CC[C@H]1O2. The molecule has 3 rings (SSSR count). The molecule has 0 saturated carbocycles. The molecule has 29 heavy (non-hydrogen) atoms. The maximum atomic E-state index is 12.4. The van der Waals surface area contributed by atoms with Crippen LogP contribution in [-0.2, 0) is 26.0 Å². The summed E-state index contributed by atoms with van der Waals surface area (Å²) in [5.41, 5.74) is 1.02. The third kappa shape index (κ3) is 6.66. The van der Waals surface area contributed by atoms with Gasteiger partial charge in [0.05, 0.1) is 18.0 Å². The van der Waals surface area contributed by atoms with Crippen LogP contribution >= 0.6 is 0 Å². The van der Waals surface area contributed by atoms with Crippen molar-refractivity contribution in [3.8, 4) is 0 Å². The molecule has 4 atom stereocenters. The van der Waals surface area contributed by atoms with E-state index in [4.69, 9.17) is 9.84 Å². The molecule has 2 aliphatic heterocycles. The second-order valence-corrected chi connectivity index (χ2v) is 9.94. The van der Waals surface area contributed by atoms with Crippen LogP contribution in [0.4, 0.5) is 0 Å². The number of nitrogens with one attached hydrogen (secondary N) is 1. The average molecular weight is 422 g/mol. The summed E-state index contributed by atoms with van der Waals surface area (Å²) < 4.78 is 33.8. The number of sulfonamides is 1. The number of ether oxygens (including phenoxy) is 1. The van der Waals surface area contributed by atoms with E-state index >= 15 is 0 Å². The Morgan fingerprint density at radius 1 is 1.14 bits per heavy atom. The lowest BCUT2D eigenvalue weighted by Crippen LogP contribution is -2.39. The van der Waals surface area contributed by atoms with Gasteiger partial charge in [0.2, 0.25) is 10.0 Å². The van der Waals surface area contributed by atoms with Gasteiger partial charge >= 0.3 is 5.97 Å². The lowest BCUT2D eigenvalue weighted by molar-refractivity contribution is -0.137. The average Bonchev–Trinajstić information content (AvgIpc) is 3.30. The Labute approximate surface area is 173 Å². The number of unbranched alkanes of at least 4 members (excludes halogenated alkanes) is 1. The van der Waals surface area contributed by atoms with Crippen LogP contribution < -0.4 is 4.72 Å². The van der Waals surface area contributed by atoms with Crippen LogP contribution in [0.2, 0.25) is 0 Å². The maximum absolute atomic E-state index is 12.4. The second kappa shape index (κ2) is 10.4. The lowest BCUT2D eigenvalue weighted by Gasteiger charge is -2.27. The molecular formula is C22H31NO5S. The van der Waals surface area contributed by atoms with E-state index in [2.05, 4.69) is 10.8 Å². The topological polar surface area (TPSA) is 92.7 Å². The van der Waals surface area contributed by atoms with E-state index in [1.54, 1.807) is 0 Å². The molecule has 2 aliphatic rings. The number of aliphatic carboxylic acids is 1. The number of allylic oxidation sites excluding steroid dienone is 2. The molecule has 160 valence electrons. The standard InChI is InChI=1S/C22H31NO5S/c24-22(25)11-7-2-1-6-10-18-19(21-13-12-20(18)28-21)16-23-29(26,27)15-14-17-8-4-3-5-9-17/h1,3-6,8-9,18-21,23H,2,7,10-16H2,(H,24,25)/t18-,19+,20-,21+/m1/s1. The Balaban J connectivity index is 1.46. The van der Waals surface area contributed by atoms with E-state index in [-0.39, 0.29) is 30.3 Å². The minimum Gasteiger partial charge on any atom is -0.481 e. The molecule has 1 aromatic rings. The van der Waals surface area contributed by atoms with Crippen LogP contribution in [0.1, 0.15) is 44.1 Å². The van der Waals surface area contributed by atoms with Crippen molar-refractivity contribution in [3.05, 3.63) is 48.0 Å². The summed E-state index contributed by atoms with van der Waals surface area (Å²) in [7, 11) is -3.33. The third-order valence-corrected chi connectivity index (χ3v) is 7.32. The molecule has 2 fully saturated rings. The summed E-state index contributed by atoms with van der Waals surface area (Å²) >= 11 is 0. The number of carboxylic acid groups (broad SMARTS) is 1. The van der Waals surface area contributed by atoms with E-state index < -0.39 is 16.0 Å². The molecule has 0 aliphatic carbocycles. The Hall–Kier alpha value is -1.70. The minimum absolute atomic E-state index is 0.0901. The van der Waals surface area contributed by atoms with E-state index in [1.165, 1.54) is 0 Å². The minimum atomic E-state index is -3.33. The molecule has 6 nitrogen and oxygen atoms in total. The van der Waals surface area contributed by atoms with Gasteiger partial charge in [-0.25, -0.2) is 13.1 Å². The quantitative estimate of drug-likeness (QED) is 0.400. The highest BCUT2D eigenvalue weighted by atomic mass is 32.2. The van der Waals surface area contributed by atoms with Gasteiger partial charge in [0.1, 0.15) is 0 Å². The van der Waals surface area contributed by atoms with Crippen molar-refractivity contribution in [2.75, 3.05) is 12.3 Å². The molecule has 0 amide bonds. The first-order valence-corrected chi connectivity index (χ1v) is 12.1. The maximum Gasteiger partial charge on any atom is 0.303 e. The number of rotatable bonds is 12.